The molecule has 0 aliphatic heterocycles. The minimum atomic E-state index is -0.649. The van der Waals surface area contributed by atoms with Crippen LogP contribution in [0.15, 0.2) is 18.2 Å². The summed E-state index contributed by atoms with van der Waals surface area (Å²) in [5.41, 5.74) is 1.25. The number of nitrogens with one attached hydrogen (secondary N) is 1. The summed E-state index contributed by atoms with van der Waals surface area (Å²) in [5, 5.41) is 12.7. The van der Waals surface area contributed by atoms with Crippen LogP contribution in [-0.4, -0.2) is 44.2 Å². The number of hydrogen-bond donors (Lipinski definition) is 2. The first-order valence-electron chi connectivity index (χ1n) is 6.31. The highest BCUT2D eigenvalue weighted by atomic mass is 19.1. The molecule has 0 saturated heterocycles. The molecule has 0 aliphatic carbocycles. The van der Waals surface area contributed by atoms with Gasteiger partial charge in [0.1, 0.15) is 5.82 Å². The van der Waals surface area contributed by atoms with Gasteiger partial charge in [0.15, 0.2) is 0 Å². The Kier molecular flexibility index (Phi) is 6.77. The van der Waals surface area contributed by atoms with E-state index in [0.29, 0.717) is 24.4 Å². The third-order valence-electron chi connectivity index (χ3n) is 2.69. The van der Waals surface area contributed by atoms with Crippen LogP contribution in [-0.2, 0) is 9.47 Å². The third-order valence-corrected chi connectivity index (χ3v) is 2.69. The van der Waals surface area contributed by atoms with Gasteiger partial charge in [0, 0.05) is 19.3 Å². The number of ether oxygens (including phenoxy) is 2. The normalized spacial score (nSPS) is 14.2. The Balaban J connectivity index is 2.29. The van der Waals surface area contributed by atoms with E-state index in [1.165, 1.54) is 6.07 Å². The van der Waals surface area contributed by atoms with Crippen molar-refractivity contribution in [3.8, 4) is 0 Å². The molecule has 108 valence electrons. The van der Waals surface area contributed by atoms with Crippen LogP contribution in [0.1, 0.15) is 12.5 Å². The summed E-state index contributed by atoms with van der Waals surface area (Å²) in [5.74, 6) is -0.260. The van der Waals surface area contributed by atoms with Gasteiger partial charge in [-0.2, -0.15) is 0 Å². The lowest BCUT2D eigenvalue weighted by atomic mass is 10.2. The Labute approximate surface area is 113 Å². The molecule has 0 heterocycles. The Morgan fingerprint density at radius 3 is 2.74 bits per heavy atom. The number of aliphatic hydroxyl groups is 1. The molecule has 2 N–H and O–H groups in total. The van der Waals surface area contributed by atoms with Gasteiger partial charge in [-0.15, -0.1) is 0 Å². The molecule has 4 nitrogen and oxygen atoms in total. The zero-order valence-corrected chi connectivity index (χ0v) is 11.6. The van der Waals surface area contributed by atoms with Crippen molar-refractivity contribution in [3.05, 3.63) is 29.6 Å². The van der Waals surface area contributed by atoms with E-state index >= 15 is 0 Å². The van der Waals surface area contributed by atoms with Crippen molar-refractivity contribution in [1.29, 1.82) is 0 Å². The van der Waals surface area contributed by atoms with Crippen LogP contribution in [0.2, 0.25) is 0 Å². The standard InChI is InChI=1S/C14H22FNO3/c1-10-4-5-12(6-14(10)15)16-7-13(17)9-19-11(2)8-18-3/h4-6,11,13,16-17H,7-9H2,1-3H3. The number of methoxy groups -OCH3 is 1. The summed E-state index contributed by atoms with van der Waals surface area (Å²) in [6.07, 6.45) is -0.708. The van der Waals surface area contributed by atoms with Gasteiger partial charge in [-0.05, 0) is 31.5 Å². The second-order valence-corrected chi connectivity index (χ2v) is 4.60. The van der Waals surface area contributed by atoms with Crippen molar-refractivity contribution in [1.82, 2.24) is 0 Å². The Hall–Kier alpha value is -1.17. The van der Waals surface area contributed by atoms with Gasteiger partial charge in [0.25, 0.3) is 0 Å². The van der Waals surface area contributed by atoms with Gasteiger partial charge in [0.05, 0.1) is 25.4 Å². The highest BCUT2D eigenvalue weighted by Crippen LogP contribution is 2.13. The molecule has 1 aromatic rings. The topological polar surface area (TPSA) is 50.7 Å². The molecule has 0 amide bonds. The van der Waals surface area contributed by atoms with Crippen molar-refractivity contribution in [2.24, 2.45) is 0 Å². The van der Waals surface area contributed by atoms with Crippen molar-refractivity contribution < 1.29 is 19.0 Å². The molecule has 0 fully saturated rings. The van der Waals surface area contributed by atoms with Gasteiger partial charge >= 0.3 is 0 Å². The van der Waals surface area contributed by atoms with Crippen molar-refractivity contribution in [2.75, 3.05) is 32.2 Å². The van der Waals surface area contributed by atoms with Crippen LogP contribution in [0.3, 0.4) is 0 Å². The maximum atomic E-state index is 13.3. The maximum absolute atomic E-state index is 13.3. The fraction of sp³-hybridized carbons (Fsp3) is 0.571. The van der Waals surface area contributed by atoms with Crippen LogP contribution in [0.25, 0.3) is 0 Å². The molecule has 0 bridgehead atoms. The van der Waals surface area contributed by atoms with Gasteiger partial charge < -0.3 is 19.9 Å². The molecule has 19 heavy (non-hydrogen) atoms. The van der Waals surface area contributed by atoms with E-state index in [2.05, 4.69) is 5.32 Å². The highest BCUT2D eigenvalue weighted by molar-refractivity contribution is 5.45. The zero-order valence-electron chi connectivity index (χ0n) is 11.6. The van der Waals surface area contributed by atoms with Gasteiger partial charge in [-0.1, -0.05) is 6.07 Å². The summed E-state index contributed by atoms with van der Waals surface area (Å²) in [6, 6.07) is 4.89. The molecule has 2 unspecified atom stereocenters. The molecular formula is C14H22FNO3. The molecular weight excluding hydrogens is 249 g/mol. The van der Waals surface area contributed by atoms with Crippen LogP contribution < -0.4 is 5.32 Å². The summed E-state index contributed by atoms with van der Waals surface area (Å²) in [4.78, 5) is 0. The minimum Gasteiger partial charge on any atom is -0.389 e. The number of rotatable bonds is 8. The lowest BCUT2D eigenvalue weighted by Gasteiger charge is -2.17. The Morgan fingerprint density at radius 1 is 1.37 bits per heavy atom. The smallest absolute Gasteiger partial charge is 0.128 e. The SMILES string of the molecule is COCC(C)OCC(O)CNc1ccc(C)c(F)c1. The summed E-state index contributed by atoms with van der Waals surface area (Å²) < 4.78 is 23.6. The van der Waals surface area contributed by atoms with E-state index in [0.717, 1.165) is 0 Å². The zero-order chi connectivity index (χ0) is 14.3. The van der Waals surface area contributed by atoms with Crippen LogP contribution in [0.5, 0.6) is 0 Å². The van der Waals surface area contributed by atoms with Crippen molar-refractivity contribution in [3.63, 3.8) is 0 Å². The first kappa shape index (κ1) is 15.9. The average Bonchev–Trinajstić information content (AvgIpc) is 2.38. The second-order valence-electron chi connectivity index (χ2n) is 4.60. The number of anilines is 1. The van der Waals surface area contributed by atoms with Crippen molar-refractivity contribution in [2.45, 2.75) is 26.1 Å². The van der Waals surface area contributed by atoms with E-state index in [1.807, 2.05) is 6.92 Å². The summed E-state index contributed by atoms with van der Waals surface area (Å²) >= 11 is 0. The molecule has 0 aliphatic rings. The second kappa shape index (κ2) is 8.09. The van der Waals surface area contributed by atoms with Gasteiger partial charge in [0.2, 0.25) is 0 Å². The number of aliphatic hydroxyl groups excluding tert-OH is 1. The maximum Gasteiger partial charge on any atom is 0.128 e. The lowest BCUT2D eigenvalue weighted by Crippen LogP contribution is -2.28. The van der Waals surface area contributed by atoms with Gasteiger partial charge in [-0.25, -0.2) is 4.39 Å². The number of benzene rings is 1. The lowest BCUT2D eigenvalue weighted by molar-refractivity contribution is -0.0282. The van der Waals surface area contributed by atoms with E-state index in [9.17, 15) is 9.50 Å². The summed E-state index contributed by atoms with van der Waals surface area (Å²) in [7, 11) is 1.60. The van der Waals surface area contributed by atoms with Crippen LogP contribution >= 0.6 is 0 Å². The highest BCUT2D eigenvalue weighted by Gasteiger charge is 2.08. The fourth-order valence-electron chi connectivity index (χ4n) is 1.56. The van der Waals surface area contributed by atoms with E-state index < -0.39 is 6.10 Å². The largest absolute Gasteiger partial charge is 0.389 e. The third kappa shape index (κ3) is 6.00. The van der Waals surface area contributed by atoms with Crippen molar-refractivity contribution >= 4 is 5.69 Å². The number of aryl methyl sites for hydroxylation is 1. The Morgan fingerprint density at radius 2 is 2.11 bits per heavy atom. The monoisotopic (exact) mass is 271 g/mol. The molecule has 5 heteroatoms. The molecule has 0 radical (unpaired) electrons. The van der Waals surface area contributed by atoms with Crippen LogP contribution in [0.4, 0.5) is 10.1 Å². The average molecular weight is 271 g/mol. The first-order valence-corrected chi connectivity index (χ1v) is 6.31. The van der Waals surface area contributed by atoms with Gasteiger partial charge in [-0.3, -0.25) is 0 Å². The molecule has 0 saturated carbocycles. The molecule has 2 atom stereocenters. The summed E-state index contributed by atoms with van der Waals surface area (Å²) in [6.45, 7) is 4.59. The van der Waals surface area contributed by atoms with Crippen LogP contribution in [0, 0.1) is 12.7 Å². The number of halogens is 1. The predicted molar refractivity (Wildman–Crippen MR) is 72.9 cm³/mol. The molecule has 1 rings (SSSR count). The Bertz CT molecular complexity index is 387. The quantitative estimate of drug-likeness (QED) is 0.759. The molecule has 0 aromatic heterocycles. The van der Waals surface area contributed by atoms with E-state index in [4.69, 9.17) is 9.47 Å². The fourth-order valence-corrected chi connectivity index (χ4v) is 1.56. The minimum absolute atomic E-state index is 0.0588. The van der Waals surface area contributed by atoms with E-state index in [1.54, 1.807) is 26.2 Å². The molecule has 0 spiro atoms. The van der Waals surface area contributed by atoms with E-state index in [-0.39, 0.29) is 18.5 Å². The number of hydrogen-bond acceptors (Lipinski definition) is 4. The first-order chi connectivity index (χ1) is 9.02. The molecule has 1 aromatic carbocycles. The predicted octanol–water partition coefficient (Wildman–Crippen LogP) is 1.96.